The van der Waals surface area contributed by atoms with Gasteiger partial charge in [0.25, 0.3) is 10.0 Å². The average Bonchev–Trinajstić information content (AvgIpc) is 2.80. The molecule has 3 nitrogen and oxygen atoms in total. The first-order valence-electron chi connectivity index (χ1n) is 5.52. The highest BCUT2D eigenvalue weighted by Gasteiger charge is 2.22. The van der Waals surface area contributed by atoms with E-state index in [-0.39, 0.29) is 0 Å². The summed E-state index contributed by atoms with van der Waals surface area (Å²) in [5.41, 5.74) is 2.80. The first kappa shape index (κ1) is 13.1. The molecule has 0 aliphatic heterocycles. The number of rotatable bonds is 3. The number of nitrogens with zero attached hydrogens (tertiary/aromatic N) is 1. The van der Waals surface area contributed by atoms with E-state index in [0.29, 0.717) is 9.90 Å². The number of hydrogen-bond acceptors (Lipinski definition) is 3. The lowest BCUT2D eigenvalue weighted by molar-refractivity contribution is 0.596. The molecule has 0 aliphatic rings. The van der Waals surface area contributed by atoms with Gasteiger partial charge in [0.05, 0.1) is 5.69 Å². The van der Waals surface area contributed by atoms with Crippen LogP contribution in [0.3, 0.4) is 0 Å². The third-order valence-electron chi connectivity index (χ3n) is 2.68. The molecule has 96 valence electrons. The molecule has 0 unspecified atom stereocenters. The Balaban J connectivity index is 2.46. The fourth-order valence-corrected chi connectivity index (χ4v) is 4.16. The lowest BCUT2D eigenvalue weighted by atomic mass is 10.1. The minimum atomic E-state index is -3.43. The summed E-state index contributed by atoms with van der Waals surface area (Å²) in [6, 6.07) is 9.14. The van der Waals surface area contributed by atoms with Gasteiger partial charge in [0.1, 0.15) is 4.21 Å². The average molecular weight is 281 g/mol. The molecule has 1 aromatic heterocycles. The van der Waals surface area contributed by atoms with Gasteiger partial charge in [-0.15, -0.1) is 11.3 Å². The Labute approximate surface area is 112 Å². The predicted molar refractivity (Wildman–Crippen MR) is 75.8 cm³/mol. The Bertz CT molecular complexity index is 625. The van der Waals surface area contributed by atoms with Gasteiger partial charge in [-0.2, -0.15) is 0 Å². The quantitative estimate of drug-likeness (QED) is 0.866. The third kappa shape index (κ3) is 2.42. The van der Waals surface area contributed by atoms with Crippen molar-refractivity contribution in [3.8, 4) is 0 Å². The Morgan fingerprint density at radius 3 is 2.22 bits per heavy atom. The number of anilines is 1. The Hall–Kier alpha value is -1.33. The van der Waals surface area contributed by atoms with Gasteiger partial charge in [0.15, 0.2) is 0 Å². The van der Waals surface area contributed by atoms with Gasteiger partial charge in [-0.3, -0.25) is 4.31 Å². The van der Waals surface area contributed by atoms with E-state index < -0.39 is 10.0 Å². The molecule has 1 aromatic carbocycles. The SMILES string of the molecule is Cc1cc(C)cc(N(C)S(=O)(=O)c2cccs2)c1. The molecule has 0 radical (unpaired) electrons. The summed E-state index contributed by atoms with van der Waals surface area (Å²) < 4.78 is 26.4. The molecule has 2 aromatic rings. The number of benzene rings is 1. The fourth-order valence-electron chi connectivity index (χ4n) is 1.82. The second-order valence-corrected chi connectivity index (χ2v) is 7.39. The van der Waals surface area contributed by atoms with Crippen LogP contribution < -0.4 is 4.31 Å². The standard InChI is InChI=1S/C13H15NO2S2/c1-10-7-11(2)9-12(8-10)14(3)18(15,16)13-5-4-6-17-13/h4-9H,1-3H3. The third-order valence-corrected chi connectivity index (χ3v) is 5.84. The topological polar surface area (TPSA) is 37.4 Å². The van der Waals surface area contributed by atoms with E-state index in [0.717, 1.165) is 11.1 Å². The van der Waals surface area contributed by atoms with Crippen molar-refractivity contribution in [2.75, 3.05) is 11.4 Å². The highest BCUT2D eigenvalue weighted by Crippen LogP contribution is 2.26. The molecule has 18 heavy (non-hydrogen) atoms. The molecular weight excluding hydrogens is 266 g/mol. The maximum Gasteiger partial charge on any atom is 0.273 e. The van der Waals surface area contributed by atoms with E-state index in [1.165, 1.54) is 15.6 Å². The van der Waals surface area contributed by atoms with Crippen LogP contribution in [0.2, 0.25) is 0 Å². The zero-order valence-corrected chi connectivity index (χ0v) is 12.2. The van der Waals surface area contributed by atoms with Gasteiger partial charge < -0.3 is 0 Å². The second kappa shape index (κ2) is 4.74. The molecule has 0 bridgehead atoms. The summed E-state index contributed by atoms with van der Waals surface area (Å²) in [5, 5.41) is 1.77. The molecule has 0 saturated heterocycles. The van der Waals surface area contributed by atoms with Crippen molar-refractivity contribution in [2.45, 2.75) is 18.1 Å². The summed E-state index contributed by atoms with van der Waals surface area (Å²) in [6.07, 6.45) is 0. The predicted octanol–water partition coefficient (Wildman–Crippen LogP) is 3.19. The summed E-state index contributed by atoms with van der Waals surface area (Å²) in [4.78, 5) is 0. The molecule has 0 fully saturated rings. The summed E-state index contributed by atoms with van der Waals surface area (Å²) in [7, 11) is -1.84. The molecular formula is C13H15NO2S2. The van der Waals surface area contributed by atoms with E-state index in [9.17, 15) is 8.42 Å². The van der Waals surface area contributed by atoms with Crippen LogP contribution >= 0.6 is 11.3 Å². The monoisotopic (exact) mass is 281 g/mol. The fraction of sp³-hybridized carbons (Fsp3) is 0.231. The number of aryl methyl sites for hydroxylation is 2. The molecule has 0 amide bonds. The lowest BCUT2D eigenvalue weighted by Gasteiger charge is -2.19. The lowest BCUT2D eigenvalue weighted by Crippen LogP contribution is -2.25. The van der Waals surface area contributed by atoms with E-state index in [1.54, 1.807) is 24.6 Å². The van der Waals surface area contributed by atoms with E-state index in [2.05, 4.69) is 0 Å². The maximum atomic E-state index is 12.4. The van der Waals surface area contributed by atoms with Crippen molar-refractivity contribution in [3.63, 3.8) is 0 Å². The van der Waals surface area contributed by atoms with Crippen LogP contribution in [0, 0.1) is 13.8 Å². The molecule has 0 aliphatic carbocycles. The summed E-state index contributed by atoms with van der Waals surface area (Å²) >= 11 is 1.23. The van der Waals surface area contributed by atoms with Crippen molar-refractivity contribution in [1.82, 2.24) is 0 Å². The summed E-state index contributed by atoms with van der Waals surface area (Å²) in [6.45, 7) is 3.92. The first-order chi connectivity index (χ1) is 8.41. The van der Waals surface area contributed by atoms with Gasteiger partial charge in [-0.25, -0.2) is 8.42 Å². The van der Waals surface area contributed by atoms with Gasteiger partial charge in [-0.1, -0.05) is 12.1 Å². The molecule has 0 N–H and O–H groups in total. The zero-order valence-electron chi connectivity index (χ0n) is 10.5. The minimum absolute atomic E-state index is 0.365. The molecule has 5 heteroatoms. The van der Waals surface area contributed by atoms with Crippen LogP contribution in [0.25, 0.3) is 0 Å². The smallest absolute Gasteiger partial charge is 0.269 e. The largest absolute Gasteiger partial charge is 0.273 e. The van der Waals surface area contributed by atoms with Crippen LogP contribution in [-0.4, -0.2) is 15.5 Å². The van der Waals surface area contributed by atoms with Crippen molar-refractivity contribution < 1.29 is 8.42 Å². The molecule has 0 saturated carbocycles. The van der Waals surface area contributed by atoms with E-state index in [1.807, 2.05) is 32.0 Å². The first-order valence-corrected chi connectivity index (χ1v) is 7.84. The normalized spacial score (nSPS) is 11.5. The Morgan fingerprint density at radius 2 is 1.72 bits per heavy atom. The molecule has 1 heterocycles. The zero-order chi connectivity index (χ0) is 13.3. The van der Waals surface area contributed by atoms with Crippen LogP contribution in [0.4, 0.5) is 5.69 Å². The van der Waals surface area contributed by atoms with Gasteiger partial charge >= 0.3 is 0 Å². The van der Waals surface area contributed by atoms with Crippen LogP contribution in [-0.2, 0) is 10.0 Å². The molecule has 2 rings (SSSR count). The van der Waals surface area contributed by atoms with Crippen molar-refractivity contribution in [2.24, 2.45) is 0 Å². The number of sulfonamides is 1. The van der Waals surface area contributed by atoms with E-state index in [4.69, 9.17) is 0 Å². The van der Waals surface area contributed by atoms with Crippen molar-refractivity contribution in [1.29, 1.82) is 0 Å². The van der Waals surface area contributed by atoms with Gasteiger partial charge in [0.2, 0.25) is 0 Å². The van der Waals surface area contributed by atoms with Crippen molar-refractivity contribution in [3.05, 3.63) is 46.8 Å². The van der Waals surface area contributed by atoms with Crippen LogP contribution in [0.15, 0.2) is 39.9 Å². The van der Waals surface area contributed by atoms with Crippen LogP contribution in [0.1, 0.15) is 11.1 Å². The number of hydrogen-bond donors (Lipinski definition) is 0. The summed E-state index contributed by atoms with van der Waals surface area (Å²) in [5.74, 6) is 0. The second-order valence-electron chi connectivity index (χ2n) is 4.25. The maximum absolute atomic E-state index is 12.4. The molecule has 0 spiro atoms. The number of thiophene rings is 1. The Morgan fingerprint density at radius 1 is 1.11 bits per heavy atom. The van der Waals surface area contributed by atoms with Gasteiger partial charge in [-0.05, 0) is 48.6 Å². The van der Waals surface area contributed by atoms with Crippen molar-refractivity contribution >= 4 is 27.0 Å². The Kier molecular flexibility index (Phi) is 3.45. The highest BCUT2D eigenvalue weighted by molar-refractivity contribution is 7.94. The molecule has 0 atom stereocenters. The van der Waals surface area contributed by atoms with Crippen LogP contribution in [0.5, 0.6) is 0 Å². The van der Waals surface area contributed by atoms with Gasteiger partial charge in [0, 0.05) is 7.05 Å². The van der Waals surface area contributed by atoms with E-state index >= 15 is 0 Å². The highest BCUT2D eigenvalue weighted by atomic mass is 32.2. The minimum Gasteiger partial charge on any atom is -0.269 e.